The Kier molecular flexibility index (Phi) is 14.6. The third-order valence-corrected chi connectivity index (χ3v) is 7.20. The summed E-state index contributed by atoms with van der Waals surface area (Å²) in [5.74, 6) is -0.595. The summed E-state index contributed by atoms with van der Waals surface area (Å²) in [5, 5.41) is 6.01. The van der Waals surface area contributed by atoms with Crippen molar-refractivity contribution in [2.24, 2.45) is 5.92 Å². The third kappa shape index (κ3) is 11.6. The molecule has 0 heterocycles. The van der Waals surface area contributed by atoms with Crippen LogP contribution in [0.2, 0.25) is 0 Å². The van der Waals surface area contributed by atoms with Crippen molar-refractivity contribution in [1.29, 1.82) is 0 Å². The maximum Gasteiger partial charge on any atom is 0.408 e. The lowest BCUT2D eigenvalue weighted by Gasteiger charge is -2.36. The van der Waals surface area contributed by atoms with E-state index in [1.165, 1.54) is 0 Å². The molecule has 0 aliphatic carbocycles. The first-order chi connectivity index (χ1) is 18.2. The Morgan fingerprint density at radius 3 is 2.13 bits per heavy atom. The van der Waals surface area contributed by atoms with Gasteiger partial charge in [-0.3, -0.25) is 9.59 Å². The fourth-order valence-corrected chi connectivity index (χ4v) is 4.61. The molecule has 222 valence electrons. The molecule has 0 aliphatic heterocycles. The summed E-state index contributed by atoms with van der Waals surface area (Å²) >= 11 is 0. The largest absolute Gasteiger partial charge is 0.444 e. The predicted octanol–water partition coefficient (Wildman–Crippen LogP) is 7.00. The van der Waals surface area contributed by atoms with Gasteiger partial charge in [0.2, 0.25) is 11.8 Å². The SMILES string of the molecule is CCCCCCN(C(=O)C(NC(=O)OC(C)(C)C)C(C)CC)C(C(=O)NC(C)CCC)c1ccc(C)c(C)c1. The molecule has 0 saturated carbocycles. The topological polar surface area (TPSA) is 87.7 Å². The minimum absolute atomic E-state index is 0.0150. The highest BCUT2D eigenvalue weighted by atomic mass is 16.6. The Morgan fingerprint density at radius 2 is 1.59 bits per heavy atom. The number of unbranched alkanes of at least 4 members (excludes halogenated alkanes) is 3. The van der Waals surface area contributed by atoms with Crippen LogP contribution in [0.5, 0.6) is 0 Å². The molecule has 7 heteroatoms. The number of hydrogen-bond donors (Lipinski definition) is 2. The molecule has 0 saturated heterocycles. The molecule has 7 nitrogen and oxygen atoms in total. The van der Waals surface area contributed by atoms with E-state index in [2.05, 4.69) is 24.5 Å². The monoisotopic (exact) mass is 545 g/mol. The molecule has 0 aliphatic rings. The molecule has 1 rings (SSSR count). The highest BCUT2D eigenvalue weighted by molar-refractivity contribution is 5.92. The highest BCUT2D eigenvalue weighted by Crippen LogP contribution is 2.27. The molecule has 4 atom stereocenters. The number of nitrogens with zero attached hydrogens (tertiary/aromatic N) is 1. The maximum atomic E-state index is 14.4. The van der Waals surface area contributed by atoms with Crippen molar-refractivity contribution in [3.8, 4) is 0 Å². The Labute approximate surface area is 237 Å². The first-order valence-electron chi connectivity index (χ1n) is 14.9. The first kappa shape index (κ1) is 34.5. The van der Waals surface area contributed by atoms with Gasteiger partial charge in [0, 0.05) is 12.6 Å². The molecule has 0 aromatic heterocycles. The molecule has 0 fully saturated rings. The van der Waals surface area contributed by atoms with Crippen molar-refractivity contribution in [3.63, 3.8) is 0 Å². The quantitative estimate of drug-likeness (QED) is 0.232. The van der Waals surface area contributed by atoms with Crippen LogP contribution in [0, 0.1) is 19.8 Å². The maximum absolute atomic E-state index is 14.4. The van der Waals surface area contributed by atoms with Gasteiger partial charge in [-0.05, 0) is 77.0 Å². The van der Waals surface area contributed by atoms with Crippen molar-refractivity contribution in [2.75, 3.05) is 6.54 Å². The van der Waals surface area contributed by atoms with Gasteiger partial charge in [0.1, 0.15) is 17.7 Å². The second-order valence-electron chi connectivity index (χ2n) is 12.0. The lowest BCUT2D eigenvalue weighted by Crippen LogP contribution is -2.55. The average Bonchev–Trinajstić information content (AvgIpc) is 2.84. The molecule has 1 aromatic rings. The van der Waals surface area contributed by atoms with E-state index in [1.54, 1.807) is 25.7 Å². The fourth-order valence-electron chi connectivity index (χ4n) is 4.61. The van der Waals surface area contributed by atoms with Crippen LogP contribution in [-0.4, -0.2) is 47.0 Å². The van der Waals surface area contributed by atoms with Crippen LogP contribution < -0.4 is 10.6 Å². The van der Waals surface area contributed by atoms with Crippen LogP contribution in [0.15, 0.2) is 18.2 Å². The van der Waals surface area contributed by atoms with Crippen molar-refractivity contribution >= 4 is 17.9 Å². The van der Waals surface area contributed by atoms with E-state index in [0.717, 1.165) is 55.2 Å². The Morgan fingerprint density at radius 1 is 0.923 bits per heavy atom. The summed E-state index contributed by atoms with van der Waals surface area (Å²) < 4.78 is 5.51. The van der Waals surface area contributed by atoms with Gasteiger partial charge in [-0.15, -0.1) is 0 Å². The Bertz CT molecular complexity index is 924. The van der Waals surface area contributed by atoms with Crippen molar-refractivity contribution < 1.29 is 19.1 Å². The number of nitrogens with one attached hydrogen (secondary N) is 2. The number of carbonyl (C=O) groups excluding carboxylic acids is 3. The molecule has 39 heavy (non-hydrogen) atoms. The van der Waals surface area contributed by atoms with Crippen molar-refractivity contribution in [1.82, 2.24) is 15.5 Å². The Balaban J connectivity index is 3.58. The van der Waals surface area contributed by atoms with E-state index in [4.69, 9.17) is 4.74 Å². The van der Waals surface area contributed by atoms with Gasteiger partial charge in [-0.2, -0.15) is 0 Å². The summed E-state index contributed by atoms with van der Waals surface area (Å²) in [5.41, 5.74) is 2.28. The molecule has 1 aromatic carbocycles. The zero-order chi connectivity index (χ0) is 29.8. The number of benzene rings is 1. The number of hydrogen-bond acceptors (Lipinski definition) is 4. The Hall–Kier alpha value is -2.57. The molecule has 2 N–H and O–H groups in total. The van der Waals surface area contributed by atoms with Crippen LogP contribution in [0.1, 0.15) is 123 Å². The van der Waals surface area contributed by atoms with Gasteiger partial charge in [0.25, 0.3) is 0 Å². The van der Waals surface area contributed by atoms with E-state index in [9.17, 15) is 14.4 Å². The number of amides is 3. The number of ether oxygens (including phenoxy) is 1. The second kappa shape index (κ2) is 16.5. The van der Waals surface area contributed by atoms with Crippen LogP contribution >= 0.6 is 0 Å². The van der Waals surface area contributed by atoms with Gasteiger partial charge in [-0.1, -0.05) is 78.0 Å². The molecule has 4 unspecified atom stereocenters. The van der Waals surface area contributed by atoms with Crippen LogP contribution in [0.25, 0.3) is 0 Å². The number of carbonyl (C=O) groups is 3. The summed E-state index contributed by atoms with van der Waals surface area (Å²) in [6.45, 7) is 20.0. The van der Waals surface area contributed by atoms with Gasteiger partial charge in [0.15, 0.2) is 0 Å². The minimum Gasteiger partial charge on any atom is -0.444 e. The number of rotatable bonds is 15. The molecule has 3 amide bonds. The summed E-state index contributed by atoms with van der Waals surface area (Å²) in [6.07, 6.45) is 5.72. The van der Waals surface area contributed by atoms with E-state index in [1.807, 2.05) is 52.8 Å². The lowest BCUT2D eigenvalue weighted by atomic mass is 9.94. The molecular formula is C32H55N3O4. The average molecular weight is 546 g/mol. The van der Waals surface area contributed by atoms with Gasteiger partial charge in [0.05, 0.1) is 0 Å². The van der Waals surface area contributed by atoms with Crippen LogP contribution in [-0.2, 0) is 14.3 Å². The highest BCUT2D eigenvalue weighted by Gasteiger charge is 2.38. The van der Waals surface area contributed by atoms with Crippen molar-refractivity contribution in [3.05, 3.63) is 34.9 Å². The summed E-state index contributed by atoms with van der Waals surface area (Å²) in [6, 6.07) is 4.33. The van der Waals surface area contributed by atoms with E-state index in [-0.39, 0.29) is 23.8 Å². The fraction of sp³-hybridized carbons (Fsp3) is 0.719. The van der Waals surface area contributed by atoms with Gasteiger partial charge >= 0.3 is 6.09 Å². The molecule has 0 bridgehead atoms. The normalized spacial score (nSPS) is 14.6. The molecule has 0 radical (unpaired) electrons. The van der Waals surface area contributed by atoms with Crippen molar-refractivity contribution in [2.45, 2.75) is 138 Å². The zero-order valence-electron chi connectivity index (χ0n) is 26.3. The second-order valence-corrected chi connectivity index (χ2v) is 12.0. The predicted molar refractivity (Wildman–Crippen MR) is 160 cm³/mol. The van der Waals surface area contributed by atoms with Crippen LogP contribution in [0.4, 0.5) is 4.79 Å². The molecule has 0 spiro atoms. The van der Waals surface area contributed by atoms with Gasteiger partial charge < -0.3 is 20.3 Å². The third-order valence-electron chi connectivity index (χ3n) is 7.20. The number of aryl methyl sites for hydroxylation is 2. The first-order valence-corrected chi connectivity index (χ1v) is 14.9. The lowest BCUT2D eigenvalue weighted by molar-refractivity contribution is -0.143. The summed E-state index contributed by atoms with van der Waals surface area (Å²) in [4.78, 5) is 42.8. The van der Waals surface area contributed by atoms with Gasteiger partial charge in [-0.25, -0.2) is 4.79 Å². The van der Waals surface area contributed by atoms with E-state index in [0.29, 0.717) is 13.0 Å². The standard InChI is InChI=1S/C32H55N3O4/c1-11-14-15-16-20-35(30(37)27(22(4)13-3)34-31(38)39-32(8,9)10)28(29(36)33-25(7)17-12-2)26-19-18-23(5)24(6)21-26/h18-19,21-22,25,27-28H,11-17,20H2,1-10H3,(H,33,36)(H,34,38). The van der Waals surface area contributed by atoms with E-state index >= 15 is 0 Å². The van der Waals surface area contributed by atoms with E-state index < -0.39 is 23.8 Å². The summed E-state index contributed by atoms with van der Waals surface area (Å²) in [7, 11) is 0. The van der Waals surface area contributed by atoms with Crippen LogP contribution in [0.3, 0.4) is 0 Å². The molecular weight excluding hydrogens is 490 g/mol. The minimum atomic E-state index is -0.814. The number of alkyl carbamates (subject to hydrolysis) is 1. The zero-order valence-corrected chi connectivity index (χ0v) is 26.3. The smallest absolute Gasteiger partial charge is 0.408 e.